The number of hydrogen-bond acceptors (Lipinski definition) is 10. The fourth-order valence-corrected chi connectivity index (χ4v) is 11.2. The summed E-state index contributed by atoms with van der Waals surface area (Å²) >= 11 is 0. The van der Waals surface area contributed by atoms with E-state index in [4.69, 9.17) is 14.2 Å². The number of aliphatic hydroxyl groups is 5. The van der Waals surface area contributed by atoms with Crippen molar-refractivity contribution < 1.29 is 49.3 Å². The Morgan fingerprint density at radius 2 is 0.797 bits per heavy atom. The lowest BCUT2D eigenvalue weighted by molar-refractivity contribution is -0.302. The predicted octanol–water partition coefficient (Wildman–Crippen LogP) is 17.1. The third kappa shape index (κ3) is 47.5. The molecule has 6 N–H and O–H groups in total. The van der Waals surface area contributed by atoms with Crippen LogP contribution in [0, 0.1) is 0 Å². The van der Waals surface area contributed by atoms with Gasteiger partial charge in [0.05, 0.1) is 32.0 Å². The van der Waals surface area contributed by atoms with E-state index in [1.807, 2.05) is 6.08 Å². The molecular weight excluding hydrogens is 991 g/mol. The first-order valence-electron chi connectivity index (χ1n) is 34.5. The van der Waals surface area contributed by atoms with E-state index >= 15 is 0 Å². The van der Waals surface area contributed by atoms with Crippen molar-refractivity contribution in [2.75, 3.05) is 19.8 Å². The molecular formula is C68H131NO10. The van der Waals surface area contributed by atoms with Crippen LogP contribution in [0.1, 0.15) is 348 Å². The van der Waals surface area contributed by atoms with Crippen molar-refractivity contribution in [2.24, 2.45) is 0 Å². The molecule has 0 bridgehead atoms. The average Bonchev–Trinajstić information content (AvgIpc) is 3.49. The van der Waals surface area contributed by atoms with Crippen molar-refractivity contribution in [1.82, 2.24) is 5.32 Å². The zero-order valence-corrected chi connectivity index (χ0v) is 51.9. The number of rotatable bonds is 61. The Morgan fingerprint density at radius 1 is 0.456 bits per heavy atom. The van der Waals surface area contributed by atoms with Gasteiger partial charge in [-0.05, 0) is 32.1 Å². The van der Waals surface area contributed by atoms with Gasteiger partial charge in [-0.2, -0.15) is 0 Å². The number of esters is 1. The molecule has 11 nitrogen and oxygen atoms in total. The molecule has 1 saturated heterocycles. The van der Waals surface area contributed by atoms with Gasteiger partial charge in [0.25, 0.3) is 0 Å². The summed E-state index contributed by atoms with van der Waals surface area (Å²) in [7, 11) is 0. The summed E-state index contributed by atoms with van der Waals surface area (Å²) in [6.45, 7) is 4.35. The summed E-state index contributed by atoms with van der Waals surface area (Å²) in [6, 6.07) is -0.804. The quantitative estimate of drug-likeness (QED) is 0.0195. The van der Waals surface area contributed by atoms with E-state index in [2.05, 4.69) is 19.2 Å². The van der Waals surface area contributed by atoms with Gasteiger partial charge in [0, 0.05) is 12.8 Å². The first-order chi connectivity index (χ1) is 38.7. The van der Waals surface area contributed by atoms with Crippen LogP contribution in [0.2, 0.25) is 0 Å². The number of carbonyl (C=O) groups excluding carboxylic acids is 2. The smallest absolute Gasteiger partial charge is 0.305 e. The van der Waals surface area contributed by atoms with Gasteiger partial charge in [0.2, 0.25) is 5.91 Å². The van der Waals surface area contributed by atoms with Gasteiger partial charge in [-0.3, -0.25) is 9.59 Å². The number of amides is 1. The van der Waals surface area contributed by atoms with Crippen LogP contribution in [0.4, 0.5) is 0 Å². The average molecular weight is 1120 g/mol. The molecule has 0 aromatic heterocycles. The SMILES string of the molecule is CCCCCCCCC/C=C/C(O)C(COC1OC(CO)C(O)C(O)C1O)NC(=O)CCCCCCCCCCCCCCCCCCCCCCCCCCCCCCCCCOC(=O)CCCCCCCCCCCCC. The summed E-state index contributed by atoms with van der Waals surface area (Å²) in [6.07, 6.45) is 60.8. The highest BCUT2D eigenvalue weighted by Crippen LogP contribution is 2.23. The van der Waals surface area contributed by atoms with Crippen molar-refractivity contribution in [3.63, 3.8) is 0 Å². The normalized spacial score (nSPS) is 18.4. The van der Waals surface area contributed by atoms with Crippen LogP contribution in [0.3, 0.4) is 0 Å². The topological polar surface area (TPSA) is 175 Å². The molecule has 1 rings (SSSR count). The zero-order chi connectivity index (χ0) is 57.3. The van der Waals surface area contributed by atoms with Crippen LogP contribution >= 0.6 is 0 Å². The Morgan fingerprint density at radius 3 is 1.18 bits per heavy atom. The van der Waals surface area contributed by atoms with Crippen LogP contribution in [0.25, 0.3) is 0 Å². The van der Waals surface area contributed by atoms with Crippen LogP contribution in [0.5, 0.6) is 0 Å². The van der Waals surface area contributed by atoms with Crippen LogP contribution in [0.15, 0.2) is 12.2 Å². The highest BCUT2D eigenvalue weighted by molar-refractivity contribution is 5.76. The van der Waals surface area contributed by atoms with E-state index in [0.717, 1.165) is 51.4 Å². The summed E-state index contributed by atoms with van der Waals surface area (Å²) in [4.78, 5) is 25.0. The van der Waals surface area contributed by atoms with E-state index < -0.39 is 49.5 Å². The van der Waals surface area contributed by atoms with Crippen LogP contribution in [-0.2, 0) is 23.8 Å². The second kappa shape index (κ2) is 58.2. The van der Waals surface area contributed by atoms with Gasteiger partial charge in [-0.15, -0.1) is 0 Å². The highest BCUT2D eigenvalue weighted by atomic mass is 16.7. The largest absolute Gasteiger partial charge is 0.466 e. The molecule has 1 aliphatic rings. The van der Waals surface area contributed by atoms with Gasteiger partial charge < -0.3 is 45.1 Å². The highest BCUT2D eigenvalue weighted by Gasteiger charge is 2.44. The molecule has 0 spiro atoms. The van der Waals surface area contributed by atoms with Crippen LogP contribution < -0.4 is 5.32 Å². The summed E-state index contributed by atoms with van der Waals surface area (Å²) in [5, 5.41) is 54.3. The van der Waals surface area contributed by atoms with Crippen molar-refractivity contribution in [2.45, 2.75) is 391 Å². The number of hydrogen-bond donors (Lipinski definition) is 6. The van der Waals surface area contributed by atoms with E-state index in [-0.39, 0.29) is 18.5 Å². The van der Waals surface area contributed by atoms with Crippen molar-refractivity contribution in [3.05, 3.63) is 12.2 Å². The van der Waals surface area contributed by atoms with E-state index in [9.17, 15) is 35.1 Å². The third-order valence-corrected chi connectivity index (χ3v) is 16.7. The number of carbonyl (C=O) groups is 2. The lowest BCUT2D eigenvalue weighted by Crippen LogP contribution is -2.60. The Balaban J connectivity index is 1.90. The zero-order valence-electron chi connectivity index (χ0n) is 51.9. The molecule has 7 unspecified atom stereocenters. The maximum absolute atomic E-state index is 13.0. The summed E-state index contributed by atoms with van der Waals surface area (Å²) in [5.74, 6) is -0.165. The lowest BCUT2D eigenvalue weighted by Gasteiger charge is -2.40. The Labute approximate surface area is 487 Å². The van der Waals surface area contributed by atoms with Crippen molar-refractivity contribution >= 4 is 11.9 Å². The Kier molecular flexibility index (Phi) is 55.5. The van der Waals surface area contributed by atoms with E-state index in [1.54, 1.807) is 6.08 Å². The van der Waals surface area contributed by atoms with Gasteiger partial charge in [-0.25, -0.2) is 0 Å². The fourth-order valence-electron chi connectivity index (χ4n) is 11.2. The maximum atomic E-state index is 13.0. The molecule has 1 amide bonds. The molecule has 11 heteroatoms. The standard InChI is InChI=1S/C68H131NO10/c1-3-5-7-9-11-13-35-40-44-48-52-56-64(73)77-57-53-49-45-41-37-34-32-30-28-26-24-22-20-18-16-14-15-17-19-21-23-25-27-29-31-33-36-39-43-47-51-55-63(72)69-60(61(71)54-50-46-42-38-12-10-8-6-4-2)59-78-68-67(76)66(75)65(74)62(58-70)79-68/h50,54,60-62,65-68,70-71,74-76H,3-49,51-53,55-59H2,1-2H3,(H,69,72)/b54-50+. The van der Waals surface area contributed by atoms with Crippen LogP contribution in [-0.4, -0.2) is 100 Å². The van der Waals surface area contributed by atoms with Gasteiger partial charge >= 0.3 is 5.97 Å². The second-order valence-corrected chi connectivity index (χ2v) is 24.2. The number of ether oxygens (including phenoxy) is 3. The first kappa shape index (κ1) is 75.4. The molecule has 79 heavy (non-hydrogen) atoms. The minimum atomic E-state index is -1.57. The number of nitrogens with one attached hydrogen (secondary N) is 1. The van der Waals surface area contributed by atoms with Gasteiger partial charge in [0.1, 0.15) is 24.4 Å². The maximum Gasteiger partial charge on any atom is 0.305 e. The summed E-state index contributed by atoms with van der Waals surface area (Å²) in [5.41, 5.74) is 0. The molecule has 0 radical (unpaired) electrons. The monoisotopic (exact) mass is 1120 g/mol. The molecule has 0 saturated carbocycles. The number of allylic oxidation sites excluding steroid dienone is 1. The fraction of sp³-hybridized carbons (Fsp3) is 0.941. The van der Waals surface area contributed by atoms with E-state index in [1.165, 1.54) is 270 Å². The van der Waals surface area contributed by atoms with Crippen molar-refractivity contribution in [3.8, 4) is 0 Å². The Bertz CT molecular complexity index is 1320. The molecule has 0 aromatic carbocycles. The van der Waals surface area contributed by atoms with E-state index in [0.29, 0.717) is 19.4 Å². The molecule has 7 atom stereocenters. The molecule has 1 heterocycles. The molecule has 468 valence electrons. The summed E-state index contributed by atoms with van der Waals surface area (Å²) < 4.78 is 16.7. The van der Waals surface area contributed by atoms with Gasteiger partial charge in [0.15, 0.2) is 6.29 Å². The Hall–Kier alpha value is -1.60. The molecule has 1 fully saturated rings. The number of unbranched alkanes of at least 4 members (excludes halogenated alkanes) is 47. The van der Waals surface area contributed by atoms with Gasteiger partial charge in [-0.1, -0.05) is 315 Å². The van der Waals surface area contributed by atoms with Crippen molar-refractivity contribution in [1.29, 1.82) is 0 Å². The second-order valence-electron chi connectivity index (χ2n) is 24.2. The molecule has 0 aromatic rings. The molecule has 1 aliphatic heterocycles. The lowest BCUT2D eigenvalue weighted by atomic mass is 9.99. The molecule has 0 aliphatic carbocycles. The minimum absolute atomic E-state index is 0.0130. The third-order valence-electron chi connectivity index (χ3n) is 16.7. The number of aliphatic hydroxyl groups excluding tert-OH is 5. The first-order valence-corrected chi connectivity index (χ1v) is 34.5. The minimum Gasteiger partial charge on any atom is -0.466 e. The predicted molar refractivity (Wildman–Crippen MR) is 329 cm³/mol.